The molecule has 1 aliphatic carbocycles. The summed E-state index contributed by atoms with van der Waals surface area (Å²) in [5.74, 6) is 0.685. The molecule has 2 bridgehead atoms. The molecule has 2 aromatic heterocycles. The van der Waals surface area contributed by atoms with Crippen LogP contribution >= 0.6 is 54.5 Å². The highest BCUT2D eigenvalue weighted by molar-refractivity contribution is 9.11. The first-order valence-electron chi connectivity index (χ1n) is 8.79. The molecule has 11 heteroatoms. The number of rotatable bonds is 3. The molecule has 2 aliphatic heterocycles. The predicted molar refractivity (Wildman–Crippen MR) is 108 cm³/mol. The van der Waals surface area contributed by atoms with E-state index in [-0.39, 0.29) is 5.54 Å². The summed E-state index contributed by atoms with van der Waals surface area (Å²) in [5, 5.41) is 15.6. The van der Waals surface area contributed by atoms with Gasteiger partial charge < -0.3 is 9.64 Å². The van der Waals surface area contributed by atoms with Gasteiger partial charge >= 0.3 is 5.13 Å². The van der Waals surface area contributed by atoms with Gasteiger partial charge in [-0.15, -0.1) is 14.9 Å². The highest BCUT2D eigenvalue weighted by atomic mass is 79.9. The Labute approximate surface area is 176 Å². The number of hydrogen-bond acceptors (Lipinski definition) is 8. The van der Waals surface area contributed by atoms with Crippen LogP contribution in [-0.4, -0.2) is 48.3 Å². The van der Waals surface area contributed by atoms with E-state index < -0.39 is 0 Å². The van der Waals surface area contributed by atoms with Gasteiger partial charge in [-0.3, -0.25) is 0 Å². The SMILES string of the molecule is Brc1nnc(N2CC3CCC([n+]4nc(Br)sc4N4CCCOC4)(C3)C2)s1. The summed E-state index contributed by atoms with van der Waals surface area (Å²) in [4.78, 5) is 4.73. The molecule has 2 unspecified atom stereocenters. The molecule has 3 aliphatic rings. The van der Waals surface area contributed by atoms with Crippen LogP contribution in [-0.2, 0) is 10.3 Å². The Hall–Kier alpha value is -0.360. The molecule has 0 spiro atoms. The molecule has 0 aromatic carbocycles. The van der Waals surface area contributed by atoms with E-state index in [2.05, 4.69) is 56.5 Å². The smallest absolute Gasteiger partial charge is 0.342 e. The number of anilines is 2. The quantitative estimate of drug-likeness (QED) is 0.577. The second-order valence-electron chi connectivity index (χ2n) is 7.26. The van der Waals surface area contributed by atoms with E-state index in [1.807, 2.05) is 0 Å². The summed E-state index contributed by atoms with van der Waals surface area (Å²) >= 11 is 10.4. The third kappa shape index (κ3) is 3.09. The molecule has 26 heavy (non-hydrogen) atoms. The number of fused-ring (bicyclic) bond motifs is 2. The minimum atomic E-state index is 0.0242. The maximum absolute atomic E-state index is 5.70. The van der Waals surface area contributed by atoms with Gasteiger partial charge in [0.25, 0.3) is 0 Å². The summed E-state index contributed by atoms with van der Waals surface area (Å²) in [6, 6.07) is 0. The van der Waals surface area contributed by atoms with Gasteiger partial charge in [0.1, 0.15) is 0 Å². The fourth-order valence-corrected chi connectivity index (χ4v) is 7.05. The van der Waals surface area contributed by atoms with Crippen molar-refractivity contribution in [3.8, 4) is 0 Å². The Morgan fingerprint density at radius 2 is 2.12 bits per heavy atom. The minimum absolute atomic E-state index is 0.0242. The van der Waals surface area contributed by atoms with Crippen molar-refractivity contribution in [1.82, 2.24) is 15.3 Å². The fourth-order valence-electron chi connectivity index (χ4n) is 4.49. The zero-order chi connectivity index (χ0) is 17.7. The van der Waals surface area contributed by atoms with Crippen LogP contribution in [0.15, 0.2) is 7.83 Å². The van der Waals surface area contributed by atoms with Crippen LogP contribution in [0, 0.1) is 5.92 Å². The first-order chi connectivity index (χ1) is 12.6. The first kappa shape index (κ1) is 17.7. The monoisotopic (exact) mass is 521 g/mol. The van der Waals surface area contributed by atoms with Gasteiger partial charge in [-0.05, 0) is 68.4 Å². The van der Waals surface area contributed by atoms with Crippen LogP contribution in [0.1, 0.15) is 25.7 Å². The average molecular weight is 523 g/mol. The Balaban J connectivity index is 1.50. The lowest BCUT2D eigenvalue weighted by Crippen LogP contribution is -2.65. The molecule has 0 amide bonds. The van der Waals surface area contributed by atoms with Crippen LogP contribution in [0.25, 0.3) is 0 Å². The van der Waals surface area contributed by atoms with Gasteiger partial charge in [0.05, 0.1) is 19.7 Å². The third-order valence-electron chi connectivity index (χ3n) is 5.53. The van der Waals surface area contributed by atoms with Crippen molar-refractivity contribution in [2.75, 3.05) is 42.8 Å². The standard InChI is InChI=1S/C15H19Br2N6OS2/c16-11-18-19-13(25-11)22-7-10-2-3-15(6-10,8-22)23-14(26-12(17)20-23)21-4-1-5-24-9-21/h10H,1-9H2/q+1. The molecule has 0 N–H and O–H groups in total. The topological polar surface area (TPSA) is 58.3 Å². The second kappa shape index (κ2) is 6.91. The molecule has 2 saturated heterocycles. The van der Waals surface area contributed by atoms with E-state index in [1.54, 1.807) is 22.7 Å². The van der Waals surface area contributed by atoms with Crippen molar-refractivity contribution in [2.24, 2.45) is 5.92 Å². The maximum Gasteiger partial charge on any atom is 0.361 e. The molecule has 4 heterocycles. The normalized spacial score (nSPS) is 28.8. The van der Waals surface area contributed by atoms with Gasteiger partial charge in [-0.2, -0.15) is 0 Å². The van der Waals surface area contributed by atoms with Gasteiger partial charge in [0.2, 0.25) is 9.05 Å². The number of halogens is 2. The van der Waals surface area contributed by atoms with Crippen molar-refractivity contribution in [3.05, 3.63) is 7.83 Å². The van der Waals surface area contributed by atoms with E-state index in [0.29, 0.717) is 12.6 Å². The highest BCUT2D eigenvalue weighted by Crippen LogP contribution is 2.45. The summed E-state index contributed by atoms with van der Waals surface area (Å²) in [7, 11) is 0. The van der Waals surface area contributed by atoms with E-state index >= 15 is 0 Å². The lowest BCUT2D eigenvalue weighted by molar-refractivity contribution is -0.799. The summed E-state index contributed by atoms with van der Waals surface area (Å²) in [5.41, 5.74) is 0.0242. The van der Waals surface area contributed by atoms with Crippen molar-refractivity contribution in [2.45, 2.75) is 31.2 Å². The van der Waals surface area contributed by atoms with Gasteiger partial charge in [0.15, 0.2) is 16.2 Å². The lowest BCUT2D eigenvalue weighted by Gasteiger charge is -2.37. The van der Waals surface area contributed by atoms with Crippen LogP contribution in [0.5, 0.6) is 0 Å². The Bertz CT molecular complexity index is 810. The Morgan fingerprint density at radius 1 is 1.19 bits per heavy atom. The summed E-state index contributed by atoms with van der Waals surface area (Å²) in [6.45, 7) is 4.54. The molecule has 7 nitrogen and oxygen atoms in total. The summed E-state index contributed by atoms with van der Waals surface area (Å²) < 4.78 is 9.77. The maximum atomic E-state index is 5.70. The molecule has 140 valence electrons. The number of aromatic nitrogens is 4. The number of piperidine rings is 1. The van der Waals surface area contributed by atoms with Crippen molar-refractivity contribution in [1.29, 1.82) is 0 Å². The highest BCUT2D eigenvalue weighted by Gasteiger charge is 2.53. The first-order valence-corrected chi connectivity index (χ1v) is 12.0. The van der Waals surface area contributed by atoms with E-state index in [9.17, 15) is 0 Å². The summed E-state index contributed by atoms with van der Waals surface area (Å²) in [6.07, 6.45) is 4.66. The van der Waals surface area contributed by atoms with Gasteiger partial charge in [0, 0.05) is 13.0 Å². The van der Waals surface area contributed by atoms with Gasteiger partial charge in [-0.25, -0.2) is 4.90 Å². The average Bonchev–Trinajstić information content (AvgIpc) is 3.34. The van der Waals surface area contributed by atoms with Crippen LogP contribution in [0.3, 0.4) is 0 Å². The van der Waals surface area contributed by atoms with Crippen molar-refractivity contribution >= 4 is 64.8 Å². The van der Waals surface area contributed by atoms with E-state index in [1.165, 1.54) is 18.0 Å². The Kier molecular flexibility index (Phi) is 4.71. The molecule has 3 fully saturated rings. The van der Waals surface area contributed by atoms with Crippen molar-refractivity contribution < 1.29 is 9.42 Å². The molecule has 2 atom stereocenters. The lowest BCUT2D eigenvalue weighted by atomic mass is 9.91. The fraction of sp³-hybridized carbons (Fsp3) is 0.733. The number of nitrogens with zero attached hydrogens (tertiary/aromatic N) is 6. The molecular formula is C15H19Br2N6OS2+. The second-order valence-corrected chi connectivity index (χ2v) is 11.7. The minimum Gasteiger partial charge on any atom is -0.342 e. The number of ether oxygens (including phenoxy) is 1. The van der Waals surface area contributed by atoms with Gasteiger partial charge in [-0.1, -0.05) is 16.4 Å². The molecule has 1 saturated carbocycles. The third-order valence-corrected chi connectivity index (χ3v) is 8.45. The van der Waals surface area contributed by atoms with Crippen LogP contribution < -0.4 is 14.5 Å². The number of hydrogen-bond donors (Lipinski definition) is 0. The van der Waals surface area contributed by atoms with E-state index in [0.717, 1.165) is 52.0 Å². The van der Waals surface area contributed by atoms with Crippen LogP contribution in [0.4, 0.5) is 10.3 Å². The predicted octanol–water partition coefficient (Wildman–Crippen LogP) is 3.01. The molecule has 0 radical (unpaired) electrons. The Morgan fingerprint density at radius 3 is 2.88 bits per heavy atom. The molecule has 2 aromatic rings. The van der Waals surface area contributed by atoms with Crippen molar-refractivity contribution in [3.63, 3.8) is 0 Å². The largest absolute Gasteiger partial charge is 0.361 e. The molecular weight excluding hydrogens is 504 g/mol. The van der Waals surface area contributed by atoms with E-state index in [4.69, 9.17) is 9.84 Å². The zero-order valence-corrected chi connectivity index (χ0v) is 18.9. The molecule has 5 rings (SSSR count). The van der Waals surface area contributed by atoms with Crippen LogP contribution in [0.2, 0.25) is 0 Å². The zero-order valence-electron chi connectivity index (χ0n) is 14.1.